The molecule has 0 radical (unpaired) electrons. The Bertz CT molecular complexity index is 558. The lowest BCUT2D eigenvalue weighted by atomic mass is 10.4. The summed E-state index contributed by atoms with van der Waals surface area (Å²) < 4.78 is 31.0. The van der Waals surface area contributed by atoms with E-state index in [1.807, 2.05) is 6.92 Å². The summed E-state index contributed by atoms with van der Waals surface area (Å²) in [6.07, 6.45) is 1.43. The van der Waals surface area contributed by atoms with Crippen molar-refractivity contribution in [3.05, 3.63) is 20.5 Å². The second-order valence-electron chi connectivity index (χ2n) is 3.85. The number of halogens is 1. The Morgan fingerprint density at radius 1 is 1.50 bits per heavy atom. The Hall–Kier alpha value is -0.740. The van der Waals surface area contributed by atoms with Crippen LogP contribution in [0.1, 0.15) is 19.8 Å². The van der Waals surface area contributed by atoms with Gasteiger partial charge in [-0.2, -0.15) is 0 Å². The number of thiophene rings is 1. The summed E-state index contributed by atoms with van der Waals surface area (Å²) in [7, 11) is -3.76. The third-order valence-corrected chi connectivity index (χ3v) is 5.49. The predicted molar refractivity (Wildman–Crippen MR) is 76.9 cm³/mol. The van der Waals surface area contributed by atoms with Crippen molar-refractivity contribution in [3.63, 3.8) is 0 Å². The smallest absolute Gasteiger partial charge is 0.300 e. The van der Waals surface area contributed by atoms with Gasteiger partial charge in [0, 0.05) is 25.8 Å². The van der Waals surface area contributed by atoms with Crippen LogP contribution in [0.4, 0.5) is 5.69 Å². The van der Waals surface area contributed by atoms with E-state index in [0.717, 1.165) is 12.5 Å². The molecular formula is C10H15ClN2O5S2. The number of hydrogen-bond donors (Lipinski definition) is 1. The molecule has 0 saturated heterocycles. The summed E-state index contributed by atoms with van der Waals surface area (Å²) in [6.45, 7) is 3.28. The Kier molecular flexibility index (Phi) is 6.83. The number of rotatable bonds is 9. The van der Waals surface area contributed by atoms with E-state index in [1.54, 1.807) is 0 Å². The molecule has 7 nitrogen and oxygen atoms in total. The van der Waals surface area contributed by atoms with E-state index in [9.17, 15) is 18.5 Å². The molecule has 1 aromatic heterocycles. The molecule has 0 amide bonds. The number of nitrogens with zero attached hydrogens (tertiary/aromatic N) is 1. The fraction of sp³-hybridized carbons (Fsp3) is 0.600. The maximum absolute atomic E-state index is 11.9. The van der Waals surface area contributed by atoms with Crippen LogP contribution < -0.4 is 4.72 Å². The zero-order chi connectivity index (χ0) is 15.2. The van der Waals surface area contributed by atoms with Gasteiger partial charge in [-0.1, -0.05) is 18.5 Å². The average molecular weight is 343 g/mol. The Morgan fingerprint density at radius 3 is 2.75 bits per heavy atom. The van der Waals surface area contributed by atoms with Gasteiger partial charge in [0.15, 0.2) is 4.34 Å². The van der Waals surface area contributed by atoms with Gasteiger partial charge in [-0.3, -0.25) is 10.1 Å². The largest absolute Gasteiger partial charge is 0.381 e. The molecule has 20 heavy (non-hydrogen) atoms. The highest BCUT2D eigenvalue weighted by atomic mass is 35.5. The van der Waals surface area contributed by atoms with Crippen molar-refractivity contribution in [1.29, 1.82) is 0 Å². The molecule has 0 atom stereocenters. The zero-order valence-electron chi connectivity index (χ0n) is 10.8. The summed E-state index contributed by atoms with van der Waals surface area (Å²) in [5, 5.41) is 10.6. The molecule has 0 fully saturated rings. The van der Waals surface area contributed by atoms with E-state index in [4.69, 9.17) is 16.3 Å². The summed E-state index contributed by atoms with van der Waals surface area (Å²) in [6, 6.07) is 0.961. The van der Waals surface area contributed by atoms with Gasteiger partial charge in [-0.15, -0.1) is 11.3 Å². The molecule has 0 aromatic carbocycles. The molecular weight excluding hydrogens is 328 g/mol. The maximum Gasteiger partial charge on any atom is 0.300 e. The van der Waals surface area contributed by atoms with Gasteiger partial charge < -0.3 is 4.74 Å². The molecule has 1 N–H and O–H groups in total. The second kappa shape index (κ2) is 7.89. The minimum absolute atomic E-state index is 0.151. The van der Waals surface area contributed by atoms with Crippen LogP contribution in [0.3, 0.4) is 0 Å². The van der Waals surface area contributed by atoms with Crippen LogP contribution in [0, 0.1) is 10.1 Å². The first-order valence-electron chi connectivity index (χ1n) is 5.89. The van der Waals surface area contributed by atoms with Crippen molar-refractivity contribution >= 4 is 38.6 Å². The third-order valence-electron chi connectivity index (χ3n) is 2.21. The number of ether oxygens (including phenoxy) is 1. The number of nitro groups is 1. The molecule has 1 rings (SSSR count). The molecule has 10 heteroatoms. The quantitative estimate of drug-likeness (QED) is 0.422. The minimum atomic E-state index is -3.76. The summed E-state index contributed by atoms with van der Waals surface area (Å²) in [4.78, 5) is 9.91. The fourth-order valence-corrected chi connectivity index (χ4v) is 4.08. The number of nitrogens with one attached hydrogen (secondary N) is 1. The van der Waals surface area contributed by atoms with Crippen molar-refractivity contribution in [2.24, 2.45) is 0 Å². The van der Waals surface area contributed by atoms with Crippen molar-refractivity contribution < 1.29 is 18.1 Å². The van der Waals surface area contributed by atoms with Gasteiger partial charge in [-0.05, 0) is 12.8 Å². The lowest BCUT2D eigenvalue weighted by Crippen LogP contribution is -2.24. The molecule has 0 aliphatic heterocycles. The van der Waals surface area contributed by atoms with Gasteiger partial charge in [0.25, 0.3) is 5.69 Å². The maximum atomic E-state index is 11.9. The van der Waals surface area contributed by atoms with E-state index in [2.05, 4.69) is 4.72 Å². The Morgan fingerprint density at radius 2 is 2.20 bits per heavy atom. The molecule has 114 valence electrons. The zero-order valence-corrected chi connectivity index (χ0v) is 13.2. The van der Waals surface area contributed by atoms with E-state index in [-0.39, 0.29) is 15.1 Å². The topological polar surface area (TPSA) is 98.5 Å². The van der Waals surface area contributed by atoms with E-state index in [0.29, 0.717) is 31.0 Å². The number of sulfonamides is 1. The summed E-state index contributed by atoms with van der Waals surface area (Å²) in [5.74, 6) is 0. The van der Waals surface area contributed by atoms with Crippen LogP contribution >= 0.6 is 22.9 Å². The van der Waals surface area contributed by atoms with Crippen LogP contribution in [0.15, 0.2) is 10.3 Å². The Labute approximate surface area is 126 Å². The lowest BCUT2D eigenvalue weighted by molar-refractivity contribution is -0.384. The van der Waals surface area contributed by atoms with Crippen molar-refractivity contribution in [2.75, 3.05) is 19.8 Å². The van der Waals surface area contributed by atoms with Crippen LogP contribution in [-0.4, -0.2) is 33.1 Å². The second-order valence-corrected chi connectivity index (χ2v) is 7.49. The van der Waals surface area contributed by atoms with E-state index < -0.39 is 20.6 Å². The van der Waals surface area contributed by atoms with Gasteiger partial charge in [0.1, 0.15) is 4.21 Å². The van der Waals surface area contributed by atoms with Crippen LogP contribution in [0.25, 0.3) is 0 Å². The van der Waals surface area contributed by atoms with Crippen molar-refractivity contribution in [2.45, 2.75) is 24.0 Å². The predicted octanol–water partition coefficient (Wildman–Crippen LogP) is 2.40. The molecule has 0 unspecified atom stereocenters. The van der Waals surface area contributed by atoms with Gasteiger partial charge in [0.05, 0.1) is 4.92 Å². The van der Waals surface area contributed by atoms with Gasteiger partial charge in [0.2, 0.25) is 10.0 Å². The SMILES string of the molecule is CCCOCCCNS(=O)(=O)c1cc([N+](=O)[O-])c(Cl)s1. The minimum Gasteiger partial charge on any atom is -0.381 e. The molecule has 0 spiro atoms. The molecule has 1 aromatic rings. The van der Waals surface area contributed by atoms with E-state index in [1.165, 1.54) is 0 Å². The van der Waals surface area contributed by atoms with Gasteiger partial charge in [-0.25, -0.2) is 13.1 Å². The molecule has 1 heterocycles. The highest BCUT2D eigenvalue weighted by Gasteiger charge is 2.24. The number of hydrogen-bond acceptors (Lipinski definition) is 6. The first kappa shape index (κ1) is 17.3. The normalized spacial score (nSPS) is 11.7. The standard InChI is InChI=1S/C10H15ClN2O5S2/c1-2-5-18-6-3-4-12-20(16,17)9-7-8(13(14)15)10(11)19-9/h7,12H,2-6H2,1H3. The van der Waals surface area contributed by atoms with Crippen LogP contribution in [0.5, 0.6) is 0 Å². The highest BCUT2D eigenvalue weighted by molar-refractivity contribution is 7.91. The molecule has 0 aliphatic carbocycles. The van der Waals surface area contributed by atoms with Crippen molar-refractivity contribution in [3.8, 4) is 0 Å². The van der Waals surface area contributed by atoms with Crippen LogP contribution in [-0.2, 0) is 14.8 Å². The van der Waals surface area contributed by atoms with E-state index >= 15 is 0 Å². The molecule has 0 bridgehead atoms. The first-order chi connectivity index (χ1) is 9.38. The Balaban J connectivity index is 2.56. The van der Waals surface area contributed by atoms with Crippen LogP contribution in [0.2, 0.25) is 4.34 Å². The van der Waals surface area contributed by atoms with Gasteiger partial charge >= 0.3 is 0 Å². The third kappa shape index (κ3) is 4.98. The lowest BCUT2D eigenvalue weighted by Gasteiger charge is -2.04. The molecule has 0 aliphatic rings. The highest BCUT2D eigenvalue weighted by Crippen LogP contribution is 2.35. The molecule has 0 saturated carbocycles. The van der Waals surface area contributed by atoms with Crippen molar-refractivity contribution in [1.82, 2.24) is 4.72 Å². The fourth-order valence-electron chi connectivity index (χ4n) is 1.29. The monoisotopic (exact) mass is 342 g/mol. The summed E-state index contributed by atoms with van der Waals surface area (Å²) in [5.41, 5.74) is -0.400. The average Bonchev–Trinajstić information content (AvgIpc) is 2.76. The first-order valence-corrected chi connectivity index (χ1v) is 8.57. The summed E-state index contributed by atoms with van der Waals surface area (Å²) >= 11 is 6.29.